The molecule has 0 amide bonds. The average Bonchev–Trinajstić information content (AvgIpc) is 2.85. The highest BCUT2D eigenvalue weighted by molar-refractivity contribution is 6.40. The van der Waals surface area contributed by atoms with Crippen LogP contribution in [0.15, 0.2) is 18.5 Å². The van der Waals surface area contributed by atoms with Crippen LogP contribution in [0.4, 0.5) is 0 Å². The number of pyridine rings is 1. The molecule has 0 bridgehead atoms. The molecule has 10 heteroatoms. The van der Waals surface area contributed by atoms with Gasteiger partial charge in [0.25, 0.3) is 0 Å². The minimum Gasteiger partial charge on any atom is -0.477 e. The predicted octanol–water partition coefficient (Wildman–Crippen LogP) is 4.10. The molecule has 0 atom stereocenters. The lowest BCUT2D eigenvalue weighted by Crippen LogP contribution is -2.01. The monoisotopic (exact) mass is 376 g/mol. The number of aromatic carboxylic acids is 1. The van der Waals surface area contributed by atoms with Crippen LogP contribution in [0.3, 0.4) is 0 Å². The second-order valence-corrected chi connectivity index (χ2v) is 5.71. The Kier molecular flexibility index (Phi) is 3.86. The van der Waals surface area contributed by atoms with E-state index < -0.39 is 5.97 Å². The molecular formula is C12H4Cl4N4O2. The first-order valence-corrected chi connectivity index (χ1v) is 7.18. The summed E-state index contributed by atoms with van der Waals surface area (Å²) in [7, 11) is 0. The summed E-state index contributed by atoms with van der Waals surface area (Å²) in [6.45, 7) is 0. The standard InChI is InChI=1S/C12H4Cl4N4O2/c13-4-1-6(14)8(17-2-4)7-9(15)19-11-5(12(21)22)3-18-20(11)10(7)16/h1-3H,(H,21,22). The highest BCUT2D eigenvalue weighted by atomic mass is 35.5. The van der Waals surface area contributed by atoms with Gasteiger partial charge in [-0.15, -0.1) is 0 Å². The summed E-state index contributed by atoms with van der Waals surface area (Å²) in [4.78, 5) is 19.2. The number of carboxylic acid groups (broad SMARTS) is 1. The lowest BCUT2D eigenvalue weighted by atomic mass is 10.2. The smallest absolute Gasteiger partial charge is 0.341 e. The van der Waals surface area contributed by atoms with Crippen LogP contribution in [0, 0.1) is 0 Å². The molecule has 112 valence electrons. The first kappa shape index (κ1) is 15.3. The third-order valence-electron chi connectivity index (χ3n) is 2.82. The fourth-order valence-corrected chi connectivity index (χ4v) is 2.96. The van der Waals surface area contributed by atoms with Crippen LogP contribution in [-0.2, 0) is 0 Å². The maximum atomic E-state index is 11.1. The molecule has 0 aliphatic heterocycles. The lowest BCUT2D eigenvalue weighted by Gasteiger charge is -2.09. The first-order valence-electron chi connectivity index (χ1n) is 5.67. The molecule has 0 aliphatic rings. The molecule has 0 fully saturated rings. The molecule has 3 heterocycles. The maximum Gasteiger partial charge on any atom is 0.341 e. The van der Waals surface area contributed by atoms with E-state index in [9.17, 15) is 4.79 Å². The number of carboxylic acids is 1. The topological polar surface area (TPSA) is 80.4 Å². The summed E-state index contributed by atoms with van der Waals surface area (Å²) in [5.74, 6) is -1.19. The second kappa shape index (κ2) is 5.55. The number of halogens is 4. The molecule has 0 saturated carbocycles. The van der Waals surface area contributed by atoms with Crippen molar-refractivity contribution in [2.24, 2.45) is 0 Å². The van der Waals surface area contributed by atoms with Crippen molar-refractivity contribution in [1.82, 2.24) is 19.6 Å². The Balaban J connectivity index is 2.34. The summed E-state index contributed by atoms with van der Waals surface area (Å²) in [5.41, 5.74) is 0.405. The zero-order valence-electron chi connectivity index (χ0n) is 10.4. The minimum atomic E-state index is -1.19. The number of rotatable bonds is 2. The van der Waals surface area contributed by atoms with Gasteiger partial charge in [0.1, 0.15) is 15.9 Å². The Morgan fingerprint density at radius 1 is 1.18 bits per heavy atom. The molecular weight excluding hydrogens is 374 g/mol. The van der Waals surface area contributed by atoms with Crippen LogP contribution < -0.4 is 0 Å². The Morgan fingerprint density at radius 2 is 1.91 bits per heavy atom. The maximum absolute atomic E-state index is 11.1. The Labute approximate surface area is 143 Å². The summed E-state index contributed by atoms with van der Waals surface area (Å²) < 4.78 is 1.15. The lowest BCUT2D eigenvalue weighted by molar-refractivity contribution is 0.0699. The zero-order valence-corrected chi connectivity index (χ0v) is 13.4. The van der Waals surface area contributed by atoms with Crippen molar-refractivity contribution in [1.29, 1.82) is 0 Å². The number of nitrogens with zero attached hydrogens (tertiary/aromatic N) is 4. The van der Waals surface area contributed by atoms with Crippen LogP contribution in [-0.4, -0.2) is 30.7 Å². The molecule has 0 radical (unpaired) electrons. The second-order valence-electron chi connectivity index (χ2n) is 4.15. The predicted molar refractivity (Wildman–Crippen MR) is 83.2 cm³/mol. The highest BCUT2D eigenvalue weighted by Gasteiger charge is 2.22. The quantitative estimate of drug-likeness (QED) is 0.680. The van der Waals surface area contributed by atoms with E-state index in [4.69, 9.17) is 51.5 Å². The molecule has 3 aromatic rings. The van der Waals surface area contributed by atoms with Gasteiger partial charge in [-0.1, -0.05) is 46.4 Å². The van der Waals surface area contributed by atoms with Gasteiger partial charge in [-0.2, -0.15) is 5.10 Å². The van der Waals surface area contributed by atoms with Gasteiger partial charge in [0.05, 0.1) is 27.5 Å². The third-order valence-corrected chi connectivity index (χ3v) is 3.94. The van der Waals surface area contributed by atoms with E-state index >= 15 is 0 Å². The third kappa shape index (κ3) is 2.38. The number of carbonyl (C=O) groups is 1. The minimum absolute atomic E-state index is 0.0244. The van der Waals surface area contributed by atoms with Gasteiger partial charge in [-0.3, -0.25) is 4.98 Å². The largest absolute Gasteiger partial charge is 0.477 e. The molecule has 0 aromatic carbocycles. The summed E-state index contributed by atoms with van der Waals surface area (Å²) in [6, 6.07) is 1.48. The van der Waals surface area contributed by atoms with Crippen LogP contribution in [0.1, 0.15) is 10.4 Å². The molecule has 3 rings (SSSR count). The normalized spacial score (nSPS) is 11.1. The molecule has 22 heavy (non-hydrogen) atoms. The zero-order chi connectivity index (χ0) is 16.0. The summed E-state index contributed by atoms with van der Waals surface area (Å²) in [5, 5.41) is 13.6. The van der Waals surface area contributed by atoms with Crippen molar-refractivity contribution in [3.8, 4) is 11.3 Å². The van der Waals surface area contributed by atoms with Crippen LogP contribution in [0.25, 0.3) is 16.9 Å². The van der Waals surface area contributed by atoms with Crippen molar-refractivity contribution in [2.45, 2.75) is 0 Å². The molecule has 0 spiro atoms. The summed E-state index contributed by atoms with van der Waals surface area (Å²) >= 11 is 24.3. The fourth-order valence-electron chi connectivity index (χ4n) is 1.88. The highest BCUT2D eigenvalue weighted by Crippen LogP contribution is 2.37. The van der Waals surface area contributed by atoms with Crippen molar-refractivity contribution < 1.29 is 9.90 Å². The molecule has 0 saturated heterocycles. The Bertz CT molecular complexity index is 925. The van der Waals surface area contributed by atoms with Crippen LogP contribution >= 0.6 is 46.4 Å². The van der Waals surface area contributed by atoms with E-state index in [-0.39, 0.29) is 37.8 Å². The van der Waals surface area contributed by atoms with Crippen LogP contribution in [0.2, 0.25) is 20.4 Å². The van der Waals surface area contributed by atoms with Crippen molar-refractivity contribution >= 4 is 58.0 Å². The van der Waals surface area contributed by atoms with E-state index in [0.717, 1.165) is 10.7 Å². The molecule has 0 unspecified atom stereocenters. The molecule has 6 nitrogen and oxygen atoms in total. The molecule has 0 aliphatic carbocycles. The SMILES string of the molecule is O=C(O)c1cnn2c(Cl)c(-c3ncc(Cl)cc3Cl)c(Cl)nc12. The average molecular weight is 378 g/mol. The van der Waals surface area contributed by atoms with E-state index in [1.54, 1.807) is 0 Å². The van der Waals surface area contributed by atoms with E-state index in [1.165, 1.54) is 12.3 Å². The fraction of sp³-hybridized carbons (Fsp3) is 0. The molecule has 3 aromatic heterocycles. The van der Waals surface area contributed by atoms with E-state index in [0.29, 0.717) is 5.02 Å². The number of fused-ring (bicyclic) bond motifs is 1. The van der Waals surface area contributed by atoms with Gasteiger partial charge < -0.3 is 5.11 Å². The van der Waals surface area contributed by atoms with Gasteiger partial charge in [0.15, 0.2) is 5.65 Å². The van der Waals surface area contributed by atoms with E-state index in [2.05, 4.69) is 15.1 Å². The first-order chi connectivity index (χ1) is 10.4. The number of aromatic nitrogens is 4. The van der Waals surface area contributed by atoms with Gasteiger partial charge >= 0.3 is 5.97 Å². The van der Waals surface area contributed by atoms with Gasteiger partial charge in [0.2, 0.25) is 0 Å². The number of hydrogen-bond acceptors (Lipinski definition) is 4. The van der Waals surface area contributed by atoms with Crippen molar-refractivity contribution in [2.75, 3.05) is 0 Å². The Morgan fingerprint density at radius 3 is 2.55 bits per heavy atom. The Hall–Kier alpha value is -1.60. The van der Waals surface area contributed by atoms with Gasteiger partial charge in [-0.25, -0.2) is 14.3 Å². The van der Waals surface area contributed by atoms with Gasteiger partial charge in [0, 0.05) is 6.20 Å². The van der Waals surface area contributed by atoms with Crippen molar-refractivity contribution in [3.05, 3.63) is 44.4 Å². The van der Waals surface area contributed by atoms with Crippen LogP contribution in [0.5, 0.6) is 0 Å². The summed E-state index contributed by atoms with van der Waals surface area (Å²) in [6.07, 6.45) is 2.51. The number of hydrogen-bond donors (Lipinski definition) is 1. The van der Waals surface area contributed by atoms with Gasteiger partial charge in [-0.05, 0) is 6.07 Å². The van der Waals surface area contributed by atoms with E-state index in [1.807, 2.05) is 0 Å². The van der Waals surface area contributed by atoms with Crippen molar-refractivity contribution in [3.63, 3.8) is 0 Å². The molecule has 1 N–H and O–H groups in total.